The SMILES string of the molecule is CN(C)C(=O)NCCn1c(CCl)nc2ccc(Br)cc21. The van der Waals surface area contributed by atoms with Crippen LogP contribution in [0.3, 0.4) is 0 Å². The van der Waals surface area contributed by atoms with Crippen LogP contribution in [-0.2, 0) is 12.4 Å². The van der Waals surface area contributed by atoms with E-state index in [0.29, 0.717) is 19.0 Å². The molecule has 0 aliphatic carbocycles. The lowest BCUT2D eigenvalue weighted by molar-refractivity contribution is 0.217. The summed E-state index contributed by atoms with van der Waals surface area (Å²) in [6, 6.07) is 5.80. The van der Waals surface area contributed by atoms with Gasteiger partial charge in [0.25, 0.3) is 0 Å². The molecular weight excluding hydrogens is 344 g/mol. The monoisotopic (exact) mass is 358 g/mol. The van der Waals surface area contributed by atoms with Gasteiger partial charge in [0.1, 0.15) is 5.82 Å². The first-order valence-electron chi connectivity index (χ1n) is 6.18. The highest BCUT2D eigenvalue weighted by atomic mass is 79.9. The molecule has 0 spiro atoms. The Labute approximate surface area is 131 Å². The van der Waals surface area contributed by atoms with Gasteiger partial charge in [0.2, 0.25) is 0 Å². The maximum Gasteiger partial charge on any atom is 0.316 e. The second-order valence-electron chi connectivity index (χ2n) is 4.57. The number of rotatable bonds is 4. The summed E-state index contributed by atoms with van der Waals surface area (Å²) < 4.78 is 3.02. The third-order valence-electron chi connectivity index (χ3n) is 2.93. The maximum absolute atomic E-state index is 11.5. The number of benzene rings is 1. The molecule has 0 saturated carbocycles. The highest BCUT2D eigenvalue weighted by Gasteiger charge is 2.10. The van der Waals surface area contributed by atoms with Crippen LogP contribution in [-0.4, -0.2) is 41.1 Å². The molecule has 108 valence electrons. The molecule has 1 heterocycles. The Kier molecular flexibility index (Phi) is 4.88. The van der Waals surface area contributed by atoms with Crippen molar-refractivity contribution in [1.29, 1.82) is 0 Å². The maximum atomic E-state index is 11.5. The molecule has 5 nitrogen and oxygen atoms in total. The minimum absolute atomic E-state index is 0.108. The summed E-state index contributed by atoms with van der Waals surface area (Å²) in [4.78, 5) is 17.5. The van der Waals surface area contributed by atoms with Gasteiger partial charge in [0.05, 0.1) is 16.9 Å². The van der Waals surface area contributed by atoms with E-state index in [4.69, 9.17) is 11.6 Å². The Balaban J connectivity index is 2.19. The number of imidazole rings is 1. The van der Waals surface area contributed by atoms with E-state index in [1.807, 2.05) is 22.8 Å². The summed E-state index contributed by atoms with van der Waals surface area (Å²) in [6.07, 6.45) is 0. The Morgan fingerprint density at radius 2 is 2.25 bits per heavy atom. The number of carbonyl (C=O) groups excluding carboxylic acids is 1. The molecule has 7 heteroatoms. The van der Waals surface area contributed by atoms with Crippen LogP contribution in [0.25, 0.3) is 11.0 Å². The number of halogens is 2. The number of urea groups is 1. The largest absolute Gasteiger partial charge is 0.336 e. The van der Waals surface area contributed by atoms with E-state index in [2.05, 4.69) is 26.2 Å². The summed E-state index contributed by atoms with van der Waals surface area (Å²) >= 11 is 9.40. The summed E-state index contributed by atoms with van der Waals surface area (Å²) in [6.45, 7) is 1.16. The van der Waals surface area contributed by atoms with Gasteiger partial charge in [-0.25, -0.2) is 9.78 Å². The molecule has 1 N–H and O–H groups in total. The van der Waals surface area contributed by atoms with Crippen molar-refractivity contribution in [3.63, 3.8) is 0 Å². The van der Waals surface area contributed by atoms with Gasteiger partial charge in [-0.2, -0.15) is 0 Å². The smallest absolute Gasteiger partial charge is 0.316 e. The average Bonchev–Trinajstić information content (AvgIpc) is 2.76. The van der Waals surface area contributed by atoms with Crippen LogP contribution >= 0.6 is 27.5 Å². The number of alkyl halides is 1. The van der Waals surface area contributed by atoms with E-state index < -0.39 is 0 Å². The Morgan fingerprint density at radius 3 is 2.90 bits per heavy atom. The lowest BCUT2D eigenvalue weighted by atomic mass is 10.3. The molecule has 2 rings (SSSR count). The zero-order valence-corrected chi connectivity index (χ0v) is 13.7. The standard InChI is InChI=1S/C13H16BrClN4O/c1-18(2)13(20)16-5-6-19-11-7-9(14)3-4-10(11)17-12(19)8-15/h3-4,7H,5-6,8H2,1-2H3,(H,16,20). The number of amides is 2. The molecular formula is C13H16BrClN4O. The van der Waals surface area contributed by atoms with Gasteiger partial charge in [0, 0.05) is 31.7 Å². The van der Waals surface area contributed by atoms with Gasteiger partial charge < -0.3 is 14.8 Å². The van der Waals surface area contributed by atoms with Gasteiger partial charge in [-0.05, 0) is 18.2 Å². The Hall–Kier alpha value is -1.27. The zero-order valence-electron chi connectivity index (χ0n) is 11.4. The first kappa shape index (κ1) is 15.1. The summed E-state index contributed by atoms with van der Waals surface area (Å²) in [5.74, 6) is 1.15. The van der Waals surface area contributed by atoms with E-state index in [1.165, 1.54) is 4.90 Å². The van der Waals surface area contributed by atoms with Crippen molar-refractivity contribution in [3.05, 3.63) is 28.5 Å². The van der Waals surface area contributed by atoms with Crippen LogP contribution in [0.1, 0.15) is 5.82 Å². The van der Waals surface area contributed by atoms with Crippen molar-refractivity contribution in [2.24, 2.45) is 0 Å². The lowest BCUT2D eigenvalue weighted by Gasteiger charge is -2.13. The summed E-state index contributed by atoms with van der Waals surface area (Å²) in [7, 11) is 3.42. The van der Waals surface area contributed by atoms with Crippen molar-refractivity contribution in [1.82, 2.24) is 19.8 Å². The van der Waals surface area contributed by atoms with Crippen LogP contribution in [0, 0.1) is 0 Å². The fourth-order valence-electron chi connectivity index (χ4n) is 1.93. The van der Waals surface area contributed by atoms with Gasteiger partial charge in [0.15, 0.2) is 0 Å². The molecule has 1 aromatic carbocycles. The quantitative estimate of drug-likeness (QED) is 0.854. The predicted molar refractivity (Wildman–Crippen MR) is 84.1 cm³/mol. The summed E-state index contributed by atoms with van der Waals surface area (Å²) in [5.41, 5.74) is 1.91. The topological polar surface area (TPSA) is 50.2 Å². The predicted octanol–water partition coefficient (Wildman–Crippen LogP) is 2.81. The number of fused-ring (bicyclic) bond motifs is 1. The summed E-state index contributed by atoms with van der Waals surface area (Å²) in [5, 5.41) is 2.83. The van der Waals surface area contributed by atoms with Crippen molar-refractivity contribution in [2.75, 3.05) is 20.6 Å². The molecule has 1 aromatic heterocycles. The molecule has 2 amide bonds. The van der Waals surface area contributed by atoms with E-state index in [-0.39, 0.29) is 6.03 Å². The third kappa shape index (κ3) is 3.24. The van der Waals surface area contributed by atoms with E-state index >= 15 is 0 Å². The number of carbonyl (C=O) groups is 1. The molecule has 0 radical (unpaired) electrons. The van der Waals surface area contributed by atoms with Crippen LogP contribution in [0.15, 0.2) is 22.7 Å². The van der Waals surface area contributed by atoms with E-state index in [1.54, 1.807) is 14.1 Å². The highest BCUT2D eigenvalue weighted by molar-refractivity contribution is 9.10. The van der Waals surface area contributed by atoms with Gasteiger partial charge in [-0.3, -0.25) is 0 Å². The van der Waals surface area contributed by atoms with Crippen molar-refractivity contribution < 1.29 is 4.79 Å². The number of hydrogen-bond donors (Lipinski definition) is 1. The minimum Gasteiger partial charge on any atom is -0.336 e. The molecule has 2 aromatic rings. The van der Waals surface area contributed by atoms with Crippen molar-refractivity contribution in [3.8, 4) is 0 Å². The number of hydrogen-bond acceptors (Lipinski definition) is 2. The molecule has 0 fully saturated rings. The first-order chi connectivity index (χ1) is 9.52. The molecule has 0 saturated heterocycles. The fraction of sp³-hybridized carbons (Fsp3) is 0.385. The van der Waals surface area contributed by atoms with Crippen LogP contribution in [0.2, 0.25) is 0 Å². The molecule has 0 bridgehead atoms. The van der Waals surface area contributed by atoms with Crippen LogP contribution < -0.4 is 5.32 Å². The zero-order chi connectivity index (χ0) is 14.7. The highest BCUT2D eigenvalue weighted by Crippen LogP contribution is 2.21. The second-order valence-corrected chi connectivity index (χ2v) is 5.76. The third-order valence-corrected chi connectivity index (χ3v) is 3.66. The van der Waals surface area contributed by atoms with Crippen LogP contribution in [0.4, 0.5) is 4.79 Å². The number of nitrogens with zero attached hydrogens (tertiary/aromatic N) is 3. The molecule has 0 aliphatic heterocycles. The molecule has 0 unspecified atom stereocenters. The van der Waals surface area contributed by atoms with Gasteiger partial charge in [-0.1, -0.05) is 15.9 Å². The normalized spacial score (nSPS) is 10.8. The second kappa shape index (κ2) is 6.45. The number of aromatic nitrogens is 2. The molecule has 0 atom stereocenters. The fourth-order valence-corrected chi connectivity index (χ4v) is 2.48. The first-order valence-corrected chi connectivity index (χ1v) is 7.51. The Morgan fingerprint density at radius 1 is 1.50 bits per heavy atom. The minimum atomic E-state index is -0.108. The van der Waals surface area contributed by atoms with Crippen molar-refractivity contribution in [2.45, 2.75) is 12.4 Å². The molecule has 0 aliphatic rings. The van der Waals surface area contributed by atoms with E-state index in [0.717, 1.165) is 21.3 Å². The van der Waals surface area contributed by atoms with Crippen LogP contribution in [0.5, 0.6) is 0 Å². The molecule has 20 heavy (non-hydrogen) atoms. The van der Waals surface area contributed by atoms with Gasteiger partial charge >= 0.3 is 6.03 Å². The number of nitrogens with one attached hydrogen (secondary N) is 1. The average molecular weight is 360 g/mol. The lowest BCUT2D eigenvalue weighted by Crippen LogP contribution is -2.36. The van der Waals surface area contributed by atoms with E-state index in [9.17, 15) is 4.79 Å². The van der Waals surface area contributed by atoms with Crippen molar-refractivity contribution >= 4 is 44.6 Å². The Bertz CT molecular complexity index is 626. The van der Waals surface area contributed by atoms with Gasteiger partial charge in [-0.15, -0.1) is 11.6 Å².